The van der Waals surface area contributed by atoms with Crippen molar-refractivity contribution in [3.05, 3.63) is 59.7 Å². The number of phenols is 2. The van der Waals surface area contributed by atoms with E-state index in [1.807, 2.05) is 13.8 Å². The van der Waals surface area contributed by atoms with Crippen molar-refractivity contribution in [3.8, 4) is 11.5 Å². The summed E-state index contributed by atoms with van der Waals surface area (Å²) in [4.78, 5) is 88.9. The maximum absolute atomic E-state index is 14.1. The zero-order chi connectivity index (χ0) is 46.5. The molecule has 0 saturated heterocycles. The van der Waals surface area contributed by atoms with Crippen LogP contribution in [0, 0.1) is 11.8 Å². The fourth-order valence-corrected chi connectivity index (χ4v) is 6.14. The molecule has 2 aromatic carbocycles. The van der Waals surface area contributed by atoms with Crippen LogP contribution in [0.1, 0.15) is 70.9 Å². The van der Waals surface area contributed by atoms with Crippen molar-refractivity contribution >= 4 is 47.4 Å². The molecule has 21 nitrogen and oxygen atoms in total. The van der Waals surface area contributed by atoms with E-state index in [1.54, 1.807) is 26.0 Å². The lowest BCUT2D eigenvalue weighted by Gasteiger charge is -2.29. The van der Waals surface area contributed by atoms with E-state index in [0.717, 1.165) is 0 Å². The van der Waals surface area contributed by atoms with Crippen LogP contribution in [-0.2, 0) is 41.6 Å². The summed E-state index contributed by atoms with van der Waals surface area (Å²) in [6.07, 6.45) is 0.794. The number of nitrogens with two attached hydrogens (primary N) is 5. The Morgan fingerprint density at radius 2 is 0.984 bits per heavy atom. The van der Waals surface area contributed by atoms with Crippen LogP contribution in [0.15, 0.2) is 58.5 Å². The molecule has 0 radical (unpaired) electrons. The lowest BCUT2D eigenvalue weighted by Crippen LogP contribution is -2.60. The number of amides is 5. The molecule has 0 saturated carbocycles. The first-order valence-electron chi connectivity index (χ1n) is 20.3. The van der Waals surface area contributed by atoms with Crippen LogP contribution < -0.4 is 55.3 Å². The molecule has 5 amide bonds. The van der Waals surface area contributed by atoms with Gasteiger partial charge in [-0.2, -0.15) is 0 Å². The number of nitrogens with one attached hydrogen (secondary N) is 5. The monoisotopic (exact) mass is 868 g/mol. The lowest BCUT2D eigenvalue weighted by atomic mass is 9.98. The molecule has 0 bridgehead atoms. The first kappa shape index (κ1) is 51.5. The second-order valence-corrected chi connectivity index (χ2v) is 15.7. The average Bonchev–Trinajstić information content (AvgIpc) is 3.19. The number of aliphatic carboxylic acids is 1. The van der Waals surface area contributed by atoms with Gasteiger partial charge in [0.05, 0.1) is 6.04 Å². The topological polar surface area (TPSA) is 378 Å². The van der Waals surface area contributed by atoms with Crippen molar-refractivity contribution in [2.75, 3.05) is 13.1 Å². The molecule has 0 aliphatic rings. The third kappa shape index (κ3) is 19.2. The molecule has 6 atom stereocenters. The van der Waals surface area contributed by atoms with E-state index in [4.69, 9.17) is 28.7 Å². The van der Waals surface area contributed by atoms with E-state index < -0.39 is 77.7 Å². The summed E-state index contributed by atoms with van der Waals surface area (Å²) in [5.41, 5.74) is 28.8. The van der Waals surface area contributed by atoms with Crippen molar-refractivity contribution < 1.29 is 44.1 Å². The maximum Gasteiger partial charge on any atom is 0.326 e. The van der Waals surface area contributed by atoms with Crippen molar-refractivity contribution in [1.82, 2.24) is 26.6 Å². The third-order valence-electron chi connectivity index (χ3n) is 9.47. The number of hydrogen-bond acceptors (Lipinski definition) is 11. The van der Waals surface area contributed by atoms with Gasteiger partial charge in [0, 0.05) is 25.9 Å². The normalized spacial score (nSPS) is 13.9. The summed E-state index contributed by atoms with van der Waals surface area (Å²) in [6, 6.07) is 4.32. The van der Waals surface area contributed by atoms with E-state index in [0.29, 0.717) is 17.5 Å². The Labute approximate surface area is 361 Å². The summed E-state index contributed by atoms with van der Waals surface area (Å²) in [7, 11) is 0. The smallest absolute Gasteiger partial charge is 0.326 e. The minimum Gasteiger partial charge on any atom is -0.508 e. The molecule has 18 N–H and O–H groups in total. The summed E-state index contributed by atoms with van der Waals surface area (Å²) in [6.45, 7) is 7.31. The van der Waals surface area contributed by atoms with Crippen LogP contribution >= 0.6 is 0 Å². The van der Waals surface area contributed by atoms with Gasteiger partial charge in [-0.25, -0.2) is 4.79 Å². The van der Waals surface area contributed by atoms with Crippen molar-refractivity contribution in [2.24, 2.45) is 50.5 Å². The summed E-state index contributed by atoms with van der Waals surface area (Å²) < 4.78 is 0. The van der Waals surface area contributed by atoms with Crippen LogP contribution in [0.4, 0.5) is 0 Å². The highest BCUT2D eigenvalue weighted by Gasteiger charge is 2.34. The van der Waals surface area contributed by atoms with Crippen molar-refractivity contribution in [1.29, 1.82) is 0 Å². The van der Waals surface area contributed by atoms with Gasteiger partial charge in [-0.05, 0) is 79.3 Å². The molecular formula is C41H64N12O9. The number of benzene rings is 2. The number of hydrogen-bond donors (Lipinski definition) is 13. The van der Waals surface area contributed by atoms with Gasteiger partial charge in [-0.3, -0.25) is 34.0 Å². The minimum absolute atomic E-state index is 0.0162. The Morgan fingerprint density at radius 1 is 0.565 bits per heavy atom. The number of aromatic hydroxyl groups is 2. The molecule has 0 fully saturated rings. The number of phenolic OH excluding ortho intramolecular Hbond substituents is 2. The number of aliphatic imine (C=N–C) groups is 2. The number of carboxylic acids is 1. The minimum atomic E-state index is -1.38. The van der Waals surface area contributed by atoms with E-state index >= 15 is 0 Å². The van der Waals surface area contributed by atoms with Crippen LogP contribution in [0.3, 0.4) is 0 Å². The first-order valence-corrected chi connectivity index (χ1v) is 20.3. The Kier molecular flexibility index (Phi) is 21.5. The highest BCUT2D eigenvalue weighted by Crippen LogP contribution is 2.15. The van der Waals surface area contributed by atoms with Gasteiger partial charge >= 0.3 is 5.97 Å². The first-order chi connectivity index (χ1) is 29.2. The van der Waals surface area contributed by atoms with Gasteiger partial charge in [0.1, 0.15) is 41.7 Å². The average molecular weight is 869 g/mol. The Bertz CT molecular complexity index is 1850. The lowest BCUT2D eigenvalue weighted by molar-refractivity contribution is -0.142. The summed E-state index contributed by atoms with van der Waals surface area (Å²) in [5, 5.41) is 42.7. The fraction of sp³-hybridized carbons (Fsp3) is 0.512. The maximum atomic E-state index is 14.1. The second kappa shape index (κ2) is 25.9. The SMILES string of the molecule is CC(C)C[C@H](NC(=O)[C@H](CCCN=C(N)N)NC(=O)[C@@H](N)CCCN=C(N)N)C(=O)N[C@@H](Cc1ccc(O)cc1)C(=O)N[C@H](C(=O)N[C@@H](Cc1ccc(O)cc1)C(=O)O)C(C)C. The number of carboxylic acid groups (broad SMARTS) is 1. The van der Waals surface area contributed by atoms with Crippen molar-refractivity contribution in [3.63, 3.8) is 0 Å². The van der Waals surface area contributed by atoms with Gasteiger partial charge in [-0.15, -0.1) is 0 Å². The highest BCUT2D eigenvalue weighted by molar-refractivity contribution is 5.96. The zero-order valence-electron chi connectivity index (χ0n) is 35.7. The summed E-state index contributed by atoms with van der Waals surface area (Å²) >= 11 is 0. The van der Waals surface area contributed by atoms with E-state index in [9.17, 15) is 44.1 Å². The second-order valence-electron chi connectivity index (χ2n) is 15.7. The molecule has 342 valence electrons. The van der Waals surface area contributed by atoms with Crippen molar-refractivity contribution in [2.45, 2.75) is 109 Å². The number of nitrogens with zero attached hydrogens (tertiary/aromatic N) is 2. The van der Waals surface area contributed by atoms with Gasteiger partial charge in [0.15, 0.2) is 11.9 Å². The Balaban J connectivity index is 2.37. The van der Waals surface area contributed by atoms with Crippen LogP contribution in [0.25, 0.3) is 0 Å². The van der Waals surface area contributed by atoms with Gasteiger partial charge in [-0.1, -0.05) is 52.0 Å². The zero-order valence-corrected chi connectivity index (χ0v) is 35.7. The summed E-state index contributed by atoms with van der Waals surface area (Å²) in [5.74, 6) is -6.03. The standard InChI is InChI=1S/C41H64N12O9/c1-22(2)19-30(50-35(57)29(8-6-18-48-41(45)46)49-34(56)28(42)7-5-17-47-40(43)44)36(58)51-31(20-24-9-13-26(54)14-10-24)37(59)53-33(23(3)4)38(60)52-32(39(61)62)21-25-11-15-27(55)16-12-25/h9-16,22-23,28-33,54-55H,5-8,17-21,42H2,1-4H3,(H,49,56)(H,50,57)(H,51,58)(H,52,60)(H,53,59)(H,61,62)(H4,43,44,47)(H4,45,46,48)/t28-,29-,30-,31-,32-,33-/m0/s1. The fourth-order valence-electron chi connectivity index (χ4n) is 6.14. The van der Waals surface area contributed by atoms with E-state index in [1.165, 1.54) is 36.4 Å². The van der Waals surface area contributed by atoms with E-state index in [2.05, 4.69) is 36.6 Å². The number of carbonyl (C=O) groups excluding carboxylic acids is 5. The number of rotatable bonds is 26. The Hall–Kier alpha value is -6.64. The molecule has 21 heteroatoms. The quantitative estimate of drug-likeness (QED) is 0.0292. The molecule has 0 heterocycles. The van der Waals surface area contributed by atoms with Gasteiger partial charge < -0.3 is 70.6 Å². The number of guanidine groups is 2. The Morgan fingerprint density at radius 3 is 1.45 bits per heavy atom. The molecule has 0 aliphatic heterocycles. The van der Waals surface area contributed by atoms with Gasteiger partial charge in [0.2, 0.25) is 29.5 Å². The molecule has 0 spiro atoms. The largest absolute Gasteiger partial charge is 0.508 e. The molecule has 0 aliphatic carbocycles. The highest BCUT2D eigenvalue weighted by atomic mass is 16.4. The van der Waals surface area contributed by atoms with E-state index in [-0.39, 0.29) is 81.0 Å². The number of carbonyl (C=O) groups is 6. The predicted molar refractivity (Wildman–Crippen MR) is 233 cm³/mol. The predicted octanol–water partition coefficient (Wildman–Crippen LogP) is -1.47. The van der Waals surface area contributed by atoms with Crippen LogP contribution in [0.5, 0.6) is 11.5 Å². The van der Waals surface area contributed by atoms with Crippen LogP contribution in [0.2, 0.25) is 0 Å². The molecule has 0 aromatic heterocycles. The molecule has 2 aromatic rings. The molecule has 0 unspecified atom stereocenters. The third-order valence-corrected chi connectivity index (χ3v) is 9.47. The van der Waals surface area contributed by atoms with Gasteiger partial charge in [0.25, 0.3) is 0 Å². The van der Waals surface area contributed by atoms with Crippen LogP contribution in [-0.4, -0.2) is 112 Å². The molecular weight excluding hydrogens is 805 g/mol. The molecule has 62 heavy (non-hydrogen) atoms. The molecule has 2 rings (SSSR count).